The van der Waals surface area contributed by atoms with Crippen molar-refractivity contribution >= 4 is 11.6 Å². The summed E-state index contributed by atoms with van der Waals surface area (Å²) in [5, 5.41) is 0. The molecule has 0 spiro atoms. The van der Waals surface area contributed by atoms with Crippen LogP contribution in [0.15, 0.2) is 0 Å². The van der Waals surface area contributed by atoms with E-state index in [-0.39, 0.29) is 0 Å². The van der Waals surface area contributed by atoms with E-state index in [1.165, 1.54) is 38.5 Å². The molecule has 12 heavy (non-hydrogen) atoms. The van der Waals surface area contributed by atoms with E-state index in [0.717, 1.165) is 18.9 Å². The minimum absolute atomic E-state index is 0.584. The first-order valence-corrected chi connectivity index (χ1v) is 5.64. The summed E-state index contributed by atoms with van der Waals surface area (Å²) in [5.41, 5.74) is 0. The van der Waals surface area contributed by atoms with Crippen molar-refractivity contribution in [3.63, 3.8) is 0 Å². The fourth-order valence-electron chi connectivity index (χ4n) is 1.68. The van der Waals surface area contributed by atoms with Crippen LogP contribution in [0.25, 0.3) is 0 Å². The molecule has 0 heterocycles. The predicted octanol–water partition coefficient (Wildman–Crippen LogP) is 3.35. The number of alkyl halides is 1. The van der Waals surface area contributed by atoms with Crippen molar-refractivity contribution in [2.45, 2.75) is 51.0 Å². The number of rotatable bonds is 6. The minimum Gasteiger partial charge on any atom is -0.378 e. The Balaban J connectivity index is 1.81. The summed E-state index contributed by atoms with van der Waals surface area (Å²) in [6, 6.07) is 0. The molecule has 0 bridgehead atoms. The van der Waals surface area contributed by atoms with Crippen molar-refractivity contribution in [2.24, 2.45) is 0 Å². The molecule has 1 rings (SSSR count). The molecule has 0 radical (unpaired) electrons. The molecule has 0 aromatic heterocycles. The molecule has 0 aromatic rings. The van der Waals surface area contributed by atoms with Crippen LogP contribution in [0.4, 0.5) is 0 Å². The van der Waals surface area contributed by atoms with Gasteiger partial charge in [0, 0.05) is 12.5 Å². The molecule has 1 nitrogen and oxygen atoms in total. The van der Waals surface area contributed by atoms with Gasteiger partial charge >= 0.3 is 0 Å². The summed E-state index contributed by atoms with van der Waals surface area (Å²) in [4.78, 5) is 0. The standard InChI is InChI=1S/C10H19ClO/c11-8-4-1-5-9-12-10-6-2-3-7-10/h10H,1-9H2. The highest BCUT2D eigenvalue weighted by Gasteiger charge is 2.14. The molecule has 72 valence electrons. The summed E-state index contributed by atoms with van der Waals surface area (Å²) in [6.45, 7) is 0.946. The van der Waals surface area contributed by atoms with Crippen molar-refractivity contribution < 1.29 is 4.74 Å². The van der Waals surface area contributed by atoms with Crippen molar-refractivity contribution in [3.05, 3.63) is 0 Å². The monoisotopic (exact) mass is 190 g/mol. The predicted molar refractivity (Wildman–Crippen MR) is 52.8 cm³/mol. The van der Waals surface area contributed by atoms with E-state index in [1.54, 1.807) is 0 Å². The van der Waals surface area contributed by atoms with Crippen LogP contribution in [0.2, 0.25) is 0 Å². The Morgan fingerprint density at radius 1 is 1.08 bits per heavy atom. The van der Waals surface area contributed by atoms with Crippen LogP contribution in [-0.2, 0) is 4.74 Å². The zero-order valence-corrected chi connectivity index (χ0v) is 8.48. The van der Waals surface area contributed by atoms with Crippen LogP contribution < -0.4 is 0 Å². The van der Waals surface area contributed by atoms with E-state index < -0.39 is 0 Å². The average molecular weight is 191 g/mol. The van der Waals surface area contributed by atoms with Gasteiger partial charge in [0.05, 0.1) is 6.10 Å². The molecule has 1 fully saturated rings. The van der Waals surface area contributed by atoms with Crippen molar-refractivity contribution in [2.75, 3.05) is 12.5 Å². The SMILES string of the molecule is ClCCCCCOC1CCCC1. The summed E-state index contributed by atoms with van der Waals surface area (Å²) in [5.74, 6) is 0.795. The maximum atomic E-state index is 5.71. The topological polar surface area (TPSA) is 9.23 Å². The molecule has 0 N–H and O–H groups in total. The molecule has 0 aromatic carbocycles. The number of unbranched alkanes of at least 4 members (excludes halogenated alkanes) is 2. The maximum Gasteiger partial charge on any atom is 0.0575 e. The van der Waals surface area contributed by atoms with Crippen LogP contribution in [-0.4, -0.2) is 18.6 Å². The Bertz CT molecular complexity index is 100. The van der Waals surface area contributed by atoms with Crippen molar-refractivity contribution in [3.8, 4) is 0 Å². The molecular formula is C10H19ClO. The third kappa shape index (κ3) is 4.32. The van der Waals surface area contributed by atoms with Crippen LogP contribution in [0.1, 0.15) is 44.9 Å². The van der Waals surface area contributed by atoms with Gasteiger partial charge in [0.2, 0.25) is 0 Å². The summed E-state index contributed by atoms with van der Waals surface area (Å²) in [6.07, 6.45) is 9.43. The van der Waals surface area contributed by atoms with Gasteiger partial charge in [-0.3, -0.25) is 0 Å². The maximum absolute atomic E-state index is 5.71. The third-order valence-corrected chi connectivity index (χ3v) is 2.70. The van der Waals surface area contributed by atoms with E-state index in [2.05, 4.69) is 0 Å². The van der Waals surface area contributed by atoms with Crippen LogP contribution in [0.5, 0.6) is 0 Å². The van der Waals surface area contributed by atoms with Gasteiger partial charge in [0.25, 0.3) is 0 Å². The van der Waals surface area contributed by atoms with Crippen molar-refractivity contribution in [1.82, 2.24) is 0 Å². The van der Waals surface area contributed by atoms with Gasteiger partial charge in [-0.2, -0.15) is 0 Å². The molecule has 0 amide bonds. The van der Waals surface area contributed by atoms with Gasteiger partial charge < -0.3 is 4.74 Å². The average Bonchev–Trinajstić information content (AvgIpc) is 2.57. The largest absolute Gasteiger partial charge is 0.378 e. The Hall–Kier alpha value is 0.250. The molecule has 1 aliphatic rings. The van der Waals surface area contributed by atoms with Gasteiger partial charge in [-0.25, -0.2) is 0 Å². The van der Waals surface area contributed by atoms with E-state index in [9.17, 15) is 0 Å². The van der Waals surface area contributed by atoms with Gasteiger partial charge in [-0.1, -0.05) is 12.8 Å². The second-order valence-electron chi connectivity index (χ2n) is 3.53. The Morgan fingerprint density at radius 2 is 1.83 bits per heavy atom. The second kappa shape index (κ2) is 6.73. The van der Waals surface area contributed by atoms with Crippen LogP contribution in [0.3, 0.4) is 0 Å². The second-order valence-corrected chi connectivity index (χ2v) is 3.90. The fourth-order valence-corrected chi connectivity index (χ4v) is 1.87. The molecule has 1 saturated carbocycles. The normalized spacial score (nSPS) is 18.8. The van der Waals surface area contributed by atoms with Crippen LogP contribution >= 0.6 is 11.6 Å². The third-order valence-electron chi connectivity index (χ3n) is 2.43. The Labute approximate surface area is 80.4 Å². The quantitative estimate of drug-likeness (QED) is 0.461. The van der Waals surface area contributed by atoms with E-state index in [1.807, 2.05) is 0 Å². The van der Waals surface area contributed by atoms with Crippen molar-refractivity contribution in [1.29, 1.82) is 0 Å². The molecule has 1 aliphatic carbocycles. The molecule has 0 unspecified atom stereocenters. The lowest BCUT2D eigenvalue weighted by Crippen LogP contribution is -2.08. The lowest BCUT2D eigenvalue weighted by atomic mass is 10.2. The number of ether oxygens (including phenoxy) is 1. The lowest BCUT2D eigenvalue weighted by molar-refractivity contribution is 0.0559. The van der Waals surface area contributed by atoms with Gasteiger partial charge in [0.1, 0.15) is 0 Å². The first-order valence-electron chi connectivity index (χ1n) is 5.11. The molecule has 0 saturated heterocycles. The highest BCUT2D eigenvalue weighted by Crippen LogP contribution is 2.21. The summed E-state index contributed by atoms with van der Waals surface area (Å²) < 4.78 is 5.71. The highest BCUT2D eigenvalue weighted by molar-refractivity contribution is 6.17. The Kier molecular flexibility index (Phi) is 5.80. The number of hydrogen-bond donors (Lipinski definition) is 0. The highest BCUT2D eigenvalue weighted by atomic mass is 35.5. The smallest absolute Gasteiger partial charge is 0.0575 e. The van der Waals surface area contributed by atoms with Gasteiger partial charge in [-0.05, 0) is 32.1 Å². The summed E-state index contributed by atoms with van der Waals surface area (Å²) >= 11 is 5.57. The van der Waals surface area contributed by atoms with E-state index >= 15 is 0 Å². The number of hydrogen-bond acceptors (Lipinski definition) is 1. The Morgan fingerprint density at radius 3 is 2.50 bits per heavy atom. The molecule has 0 aliphatic heterocycles. The zero-order valence-electron chi connectivity index (χ0n) is 7.73. The lowest BCUT2D eigenvalue weighted by Gasteiger charge is -2.09. The van der Waals surface area contributed by atoms with E-state index in [0.29, 0.717) is 6.10 Å². The molecule has 0 atom stereocenters. The first-order chi connectivity index (χ1) is 5.93. The molecule has 2 heteroatoms. The zero-order chi connectivity index (χ0) is 8.65. The van der Waals surface area contributed by atoms with E-state index in [4.69, 9.17) is 16.3 Å². The first kappa shape index (κ1) is 10.3. The molecular weight excluding hydrogens is 172 g/mol. The van der Waals surface area contributed by atoms with Crippen LogP contribution in [0, 0.1) is 0 Å². The summed E-state index contributed by atoms with van der Waals surface area (Å²) in [7, 11) is 0. The minimum atomic E-state index is 0.584. The number of halogens is 1. The van der Waals surface area contributed by atoms with Gasteiger partial charge in [0.15, 0.2) is 0 Å². The van der Waals surface area contributed by atoms with Gasteiger partial charge in [-0.15, -0.1) is 11.6 Å². The fraction of sp³-hybridized carbons (Fsp3) is 1.00.